The summed E-state index contributed by atoms with van der Waals surface area (Å²) in [6.07, 6.45) is 0. The van der Waals surface area contributed by atoms with Gasteiger partial charge in [0.1, 0.15) is 0 Å². The lowest BCUT2D eigenvalue weighted by Gasteiger charge is -1.94. The molecule has 6 nitrogen and oxygen atoms in total. The number of benzene rings is 1. The van der Waals surface area contributed by atoms with Crippen LogP contribution in [-0.4, -0.2) is 21.8 Å². The zero-order valence-corrected chi connectivity index (χ0v) is 6.84. The Morgan fingerprint density at radius 2 is 1.71 bits per heavy atom. The van der Waals surface area contributed by atoms with Crippen LogP contribution in [0.4, 0.5) is 5.69 Å². The van der Waals surface area contributed by atoms with Crippen LogP contribution in [0.25, 0.3) is 0 Å². The molecule has 1 rings (SSSR count). The maximum Gasteiger partial charge on any atom is 0.377 e. The molecule has 0 saturated heterocycles. The fraction of sp³-hybridized carbons (Fsp3) is 0. The first-order chi connectivity index (χ1) is 6.52. The Hall–Kier alpha value is -2.24. The number of aliphatic carboxylic acids is 1. The van der Waals surface area contributed by atoms with Crippen LogP contribution >= 0.6 is 0 Å². The molecular weight excluding hydrogens is 190 g/mol. The number of non-ortho nitro benzene ring substituents is 1. The van der Waals surface area contributed by atoms with E-state index in [1.165, 1.54) is 0 Å². The first-order valence-electron chi connectivity index (χ1n) is 3.54. The number of rotatable bonds is 3. The zero-order valence-electron chi connectivity index (χ0n) is 6.84. The lowest BCUT2D eigenvalue weighted by atomic mass is 10.1. The predicted molar refractivity (Wildman–Crippen MR) is 45.1 cm³/mol. The Bertz CT molecular complexity index is 395. The summed E-state index contributed by atoms with van der Waals surface area (Å²) in [5.41, 5.74) is -0.268. The minimum atomic E-state index is -1.58. The number of carbonyl (C=O) groups is 2. The van der Waals surface area contributed by atoms with Gasteiger partial charge < -0.3 is 5.11 Å². The third-order valence-electron chi connectivity index (χ3n) is 1.53. The normalized spacial score (nSPS) is 9.43. The van der Waals surface area contributed by atoms with Crippen molar-refractivity contribution < 1.29 is 19.6 Å². The summed E-state index contributed by atoms with van der Waals surface area (Å²) < 4.78 is 0. The van der Waals surface area contributed by atoms with Gasteiger partial charge in [-0.2, -0.15) is 0 Å². The van der Waals surface area contributed by atoms with Crippen molar-refractivity contribution in [2.24, 2.45) is 0 Å². The van der Waals surface area contributed by atoms with E-state index in [0.29, 0.717) is 0 Å². The van der Waals surface area contributed by atoms with Crippen molar-refractivity contribution in [3.05, 3.63) is 39.9 Å². The molecule has 0 saturated carbocycles. The van der Waals surface area contributed by atoms with Crippen LogP contribution in [-0.2, 0) is 4.79 Å². The van der Waals surface area contributed by atoms with Crippen molar-refractivity contribution in [3.8, 4) is 0 Å². The number of carbonyl (C=O) groups excluding carboxylic acids is 1. The summed E-state index contributed by atoms with van der Waals surface area (Å²) in [6.45, 7) is 0. The summed E-state index contributed by atoms with van der Waals surface area (Å²) in [4.78, 5) is 30.7. The number of nitrogens with zero attached hydrogens (tertiary/aromatic N) is 1. The van der Waals surface area contributed by atoms with Crippen LogP contribution in [0.15, 0.2) is 24.3 Å². The second-order valence-electron chi connectivity index (χ2n) is 2.44. The first-order valence-corrected chi connectivity index (χ1v) is 3.54. The van der Waals surface area contributed by atoms with Gasteiger partial charge in [0.25, 0.3) is 11.5 Å². The van der Waals surface area contributed by atoms with E-state index in [0.717, 1.165) is 24.3 Å². The number of nitro groups is 1. The quantitative estimate of drug-likeness (QED) is 0.334. The number of Topliss-reactive ketones (excluding diaryl/α,β-unsaturated/α-hetero) is 1. The van der Waals surface area contributed by atoms with E-state index in [9.17, 15) is 19.7 Å². The Kier molecular flexibility index (Phi) is 2.57. The van der Waals surface area contributed by atoms with Gasteiger partial charge in [-0.1, -0.05) is 0 Å². The highest BCUT2D eigenvalue weighted by Gasteiger charge is 2.15. The second-order valence-corrected chi connectivity index (χ2v) is 2.44. The van der Waals surface area contributed by atoms with Crippen molar-refractivity contribution in [2.45, 2.75) is 0 Å². The molecule has 0 aromatic heterocycles. The van der Waals surface area contributed by atoms with Gasteiger partial charge in [0.15, 0.2) is 0 Å². The lowest BCUT2D eigenvalue weighted by molar-refractivity contribution is -0.384. The molecule has 0 aliphatic rings. The topological polar surface area (TPSA) is 97.5 Å². The third kappa shape index (κ3) is 1.92. The average Bonchev–Trinajstić information content (AvgIpc) is 2.16. The molecule has 72 valence electrons. The number of ketones is 1. The van der Waals surface area contributed by atoms with Gasteiger partial charge in [0.05, 0.1) is 4.92 Å². The summed E-state index contributed by atoms with van der Waals surface area (Å²) in [7, 11) is 0. The number of nitro benzene ring substituents is 1. The third-order valence-corrected chi connectivity index (χ3v) is 1.53. The van der Waals surface area contributed by atoms with Crippen LogP contribution in [0.1, 0.15) is 10.4 Å². The minimum absolute atomic E-state index is 0.0805. The van der Waals surface area contributed by atoms with Gasteiger partial charge in [0, 0.05) is 17.7 Å². The maximum atomic E-state index is 10.9. The standard InChI is InChI=1S/C8H5NO5/c10-7(8(11)12)5-1-3-6(4-2-5)9(13)14/h1-4H,(H,11,12). The Morgan fingerprint density at radius 1 is 1.21 bits per heavy atom. The van der Waals surface area contributed by atoms with Crippen molar-refractivity contribution >= 4 is 17.4 Å². The number of hydrogen-bond donors (Lipinski definition) is 1. The lowest BCUT2D eigenvalue weighted by Crippen LogP contribution is -2.12. The predicted octanol–water partition coefficient (Wildman–Crippen LogP) is 0.862. The second kappa shape index (κ2) is 3.65. The van der Waals surface area contributed by atoms with Gasteiger partial charge in [-0.3, -0.25) is 14.9 Å². The maximum absolute atomic E-state index is 10.9. The molecule has 0 unspecified atom stereocenters. The van der Waals surface area contributed by atoms with Crippen LogP contribution in [0.5, 0.6) is 0 Å². The highest BCUT2D eigenvalue weighted by molar-refractivity contribution is 6.39. The smallest absolute Gasteiger partial charge is 0.377 e. The SMILES string of the molecule is O=C(O)C(=O)c1ccc([N+](=O)[O-])cc1. The van der Waals surface area contributed by atoms with Crippen molar-refractivity contribution in [3.63, 3.8) is 0 Å². The fourth-order valence-electron chi connectivity index (χ4n) is 0.858. The van der Waals surface area contributed by atoms with Crippen LogP contribution in [0.3, 0.4) is 0 Å². The molecular formula is C8H5NO5. The monoisotopic (exact) mass is 195 g/mol. The van der Waals surface area contributed by atoms with Gasteiger partial charge in [0.2, 0.25) is 0 Å². The molecule has 0 radical (unpaired) electrons. The molecule has 0 aliphatic heterocycles. The van der Waals surface area contributed by atoms with Crippen LogP contribution in [0.2, 0.25) is 0 Å². The summed E-state index contributed by atoms with van der Waals surface area (Å²) in [6, 6.07) is 4.37. The van der Waals surface area contributed by atoms with Crippen molar-refractivity contribution in [1.29, 1.82) is 0 Å². The zero-order chi connectivity index (χ0) is 10.7. The highest BCUT2D eigenvalue weighted by atomic mass is 16.6. The Labute approximate surface area is 77.9 Å². The van der Waals surface area contributed by atoms with E-state index in [1.807, 2.05) is 0 Å². The summed E-state index contributed by atoms with van der Waals surface area (Å²) >= 11 is 0. The van der Waals surface area contributed by atoms with E-state index in [4.69, 9.17) is 5.11 Å². The van der Waals surface area contributed by atoms with Crippen LogP contribution < -0.4 is 0 Å². The molecule has 0 atom stereocenters. The van der Waals surface area contributed by atoms with Gasteiger partial charge in [-0.25, -0.2) is 4.79 Å². The molecule has 0 heterocycles. The van der Waals surface area contributed by atoms with E-state index >= 15 is 0 Å². The van der Waals surface area contributed by atoms with E-state index in [1.54, 1.807) is 0 Å². The number of hydrogen-bond acceptors (Lipinski definition) is 4. The van der Waals surface area contributed by atoms with Gasteiger partial charge in [-0.15, -0.1) is 0 Å². The van der Waals surface area contributed by atoms with E-state index in [2.05, 4.69) is 0 Å². The average molecular weight is 195 g/mol. The molecule has 0 fully saturated rings. The van der Waals surface area contributed by atoms with E-state index in [-0.39, 0.29) is 11.3 Å². The molecule has 0 aliphatic carbocycles. The molecule has 1 N–H and O–H groups in total. The van der Waals surface area contributed by atoms with Crippen LogP contribution in [0, 0.1) is 10.1 Å². The summed E-state index contributed by atoms with van der Waals surface area (Å²) in [5.74, 6) is -2.67. The first kappa shape index (κ1) is 9.85. The molecule has 6 heteroatoms. The Balaban J connectivity index is 3.00. The largest absolute Gasteiger partial charge is 0.475 e. The fourth-order valence-corrected chi connectivity index (χ4v) is 0.858. The molecule has 0 amide bonds. The minimum Gasteiger partial charge on any atom is -0.475 e. The molecule has 14 heavy (non-hydrogen) atoms. The van der Waals surface area contributed by atoms with Crippen molar-refractivity contribution in [2.75, 3.05) is 0 Å². The van der Waals surface area contributed by atoms with Gasteiger partial charge in [-0.05, 0) is 12.1 Å². The number of carboxylic acid groups (broad SMARTS) is 1. The summed E-state index contributed by atoms with van der Waals surface area (Å²) in [5, 5.41) is 18.6. The van der Waals surface area contributed by atoms with Gasteiger partial charge >= 0.3 is 5.97 Å². The van der Waals surface area contributed by atoms with Crippen molar-refractivity contribution in [1.82, 2.24) is 0 Å². The molecule has 0 spiro atoms. The number of carboxylic acids is 1. The molecule has 0 bridgehead atoms. The Morgan fingerprint density at radius 3 is 2.07 bits per heavy atom. The molecule has 1 aromatic carbocycles. The van der Waals surface area contributed by atoms with E-state index < -0.39 is 16.7 Å². The molecule has 1 aromatic rings. The highest BCUT2D eigenvalue weighted by Crippen LogP contribution is 2.12.